The largest absolute Gasteiger partial charge is 0.336 e. The molecule has 2 fully saturated rings. The number of likely N-dealkylation sites (N-methyl/N-ethyl adjacent to an activating group) is 1. The highest BCUT2D eigenvalue weighted by Gasteiger charge is 2.43. The number of carbonyl (C=O) groups is 2. The monoisotopic (exact) mass is 531 g/mol. The summed E-state index contributed by atoms with van der Waals surface area (Å²) in [6.45, 7) is 8.90. The van der Waals surface area contributed by atoms with Crippen LogP contribution in [0.4, 0.5) is 15.8 Å². The maximum Gasteiger partial charge on any atom is 0.256 e. The number of piperazine rings is 1. The molecule has 0 saturated carbocycles. The average Bonchev–Trinajstić information content (AvgIpc) is 3.10. The van der Waals surface area contributed by atoms with Crippen molar-refractivity contribution < 1.29 is 14.0 Å². The number of rotatable bonds is 9. The number of thiocarbonyl (C=S) groups is 1. The van der Waals surface area contributed by atoms with Crippen LogP contribution in [0, 0.1) is 5.82 Å². The molecule has 0 aromatic heterocycles. The molecule has 0 aliphatic carbocycles. The van der Waals surface area contributed by atoms with Crippen LogP contribution in [0.3, 0.4) is 0 Å². The summed E-state index contributed by atoms with van der Waals surface area (Å²) >= 11 is 11.8. The summed E-state index contributed by atoms with van der Waals surface area (Å²) in [6, 6.07) is 11.7. The highest BCUT2D eigenvalue weighted by Crippen LogP contribution is 2.28. The first-order valence-corrected chi connectivity index (χ1v) is 13.0. The van der Waals surface area contributed by atoms with E-state index in [0.717, 1.165) is 45.7 Å². The van der Waals surface area contributed by atoms with Crippen LogP contribution in [0.25, 0.3) is 0 Å². The van der Waals surface area contributed by atoms with E-state index < -0.39 is 6.04 Å². The van der Waals surface area contributed by atoms with Crippen molar-refractivity contribution in [1.82, 2.24) is 14.7 Å². The Balaban J connectivity index is 1.44. The molecule has 4 rings (SSSR count). The predicted octanol–water partition coefficient (Wildman–Crippen LogP) is 3.84. The Morgan fingerprint density at radius 1 is 1.03 bits per heavy atom. The first kappa shape index (κ1) is 26.5. The lowest BCUT2D eigenvalue weighted by Crippen LogP contribution is -2.47. The van der Waals surface area contributed by atoms with Crippen LogP contribution < -0.4 is 10.2 Å². The van der Waals surface area contributed by atoms with Gasteiger partial charge < -0.3 is 20.0 Å². The van der Waals surface area contributed by atoms with E-state index in [0.29, 0.717) is 28.1 Å². The number of hydrogen-bond acceptors (Lipinski definition) is 5. The summed E-state index contributed by atoms with van der Waals surface area (Å²) in [5, 5.41) is 3.70. The quantitative estimate of drug-likeness (QED) is 0.496. The molecule has 2 saturated heterocycles. The fourth-order valence-electron chi connectivity index (χ4n) is 4.63. The first-order chi connectivity index (χ1) is 17.4. The lowest BCUT2D eigenvalue weighted by Gasteiger charge is -2.34. The fraction of sp³-hybridized carbons (Fsp3) is 0.423. The zero-order chi connectivity index (χ0) is 25.7. The van der Waals surface area contributed by atoms with Crippen molar-refractivity contribution in [3.05, 3.63) is 59.4 Å². The van der Waals surface area contributed by atoms with E-state index in [2.05, 4.69) is 22.0 Å². The van der Waals surface area contributed by atoms with E-state index in [1.165, 1.54) is 29.2 Å². The second-order valence-electron chi connectivity index (χ2n) is 9.03. The predicted molar refractivity (Wildman–Crippen MR) is 145 cm³/mol. The van der Waals surface area contributed by atoms with Crippen LogP contribution in [0.1, 0.15) is 19.8 Å². The molecular weight excluding hydrogens is 501 g/mol. The van der Waals surface area contributed by atoms with Gasteiger partial charge in [0.05, 0.1) is 12.1 Å². The molecule has 0 unspecified atom stereocenters. The van der Waals surface area contributed by atoms with Gasteiger partial charge in [-0.25, -0.2) is 4.39 Å². The SMILES string of the molecule is CCN1CCN(CCCN2C(=S)N(c3ccc(Cl)cc3)C(=O)[C@@H]2CC(=O)Nc2ccc(F)cc2)CC1. The highest BCUT2D eigenvalue weighted by atomic mass is 35.5. The van der Waals surface area contributed by atoms with Crippen LogP contribution in [0.2, 0.25) is 5.02 Å². The molecule has 2 aromatic carbocycles. The number of anilines is 2. The number of benzene rings is 2. The molecule has 1 atom stereocenters. The standard InChI is InChI=1S/C26H31ClFN5O2S/c1-2-30-14-16-31(17-15-30)12-3-13-32-23(18-24(34)29-21-8-6-20(28)7-9-21)25(35)33(26(32)36)22-10-4-19(27)5-11-22/h4-11,23H,2-3,12-18H2,1H3,(H,29,34)/t23-/m0/s1. The smallest absolute Gasteiger partial charge is 0.256 e. The van der Waals surface area contributed by atoms with Gasteiger partial charge in [-0.1, -0.05) is 18.5 Å². The maximum atomic E-state index is 13.5. The number of amides is 2. The van der Waals surface area contributed by atoms with E-state index >= 15 is 0 Å². The van der Waals surface area contributed by atoms with Gasteiger partial charge in [-0.2, -0.15) is 0 Å². The van der Waals surface area contributed by atoms with Crippen LogP contribution in [-0.2, 0) is 9.59 Å². The van der Waals surface area contributed by atoms with Crippen molar-refractivity contribution in [3.8, 4) is 0 Å². The van der Waals surface area contributed by atoms with E-state index in [4.69, 9.17) is 23.8 Å². The summed E-state index contributed by atoms with van der Waals surface area (Å²) in [5.41, 5.74) is 1.10. The molecule has 2 heterocycles. The minimum Gasteiger partial charge on any atom is -0.336 e. The molecule has 2 aliphatic heterocycles. The Morgan fingerprint density at radius 3 is 2.31 bits per heavy atom. The van der Waals surface area contributed by atoms with E-state index in [1.807, 2.05) is 4.90 Å². The fourth-order valence-corrected chi connectivity index (χ4v) is 5.17. The van der Waals surface area contributed by atoms with Crippen molar-refractivity contribution in [3.63, 3.8) is 0 Å². The third-order valence-corrected chi connectivity index (χ3v) is 7.36. The minimum atomic E-state index is -0.717. The van der Waals surface area contributed by atoms with E-state index in [-0.39, 0.29) is 24.1 Å². The first-order valence-electron chi connectivity index (χ1n) is 12.3. The molecule has 7 nitrogen and oxygen atoms in total. The number of nitrogens with one attached hydrogen (secondary N) is 1. The van der Waals surface area contributed by atoms with E-state index in [1.54, 1.807) is 24.3 Å². The van der Waals surface area contributed by atoms with Crippen molar-refractivity contribution >= 4 is 52.1 Å². The van der Waals surface area contributed by atoms with Crippen LogP contribution in [0.5, 0.6) is 0 Å². The van der Waals surface area contributed by atoms with Gasteiger partial charge in [0, 0.05) is 43.4 Å². The molecular formula is C26H31ClFN5O2S. The lowest BCUT2D eigenvalue weighted by atomic mass is 10.1. The van der Waals surface area contributed by atoms with Gasteiger partial charge in [-0.3, -0.25) is 14.5 Å². The van der Waals surface area contributed by atoms with Crippen LogP contribution >= 0.6 is 23.8 Å². The van der Waals surface area contributed by atoms with Crippen molar-refractivity contribution in [2.45, 2.75) is 25.8 Å². The molecule has 2 aromatic rings. The zero-order valence-corrected chi connectivity index (χ0v) is 21.9. The second kappa shape index (κ2) is 12.1. The van der Waals surface area contributed by atoms with Gasteiger partial charge in [0.25, 0.3) is 5.91 Å². The molecule has 0 spiro atoms. The Morgan fingerprint density at radius 2 is 1.67 bits per heavy atom. The van der Waals surface area contributed by atoms with Gasteiger partial charge >= 0.3 is 0 Å². The molecule has 0 bridgehead atoms. The number of halogens is 2. The molecule has 2 amide bonds. The molecule has 10 heteroatoms. The lowest BCUT2D eigenvalue weighted by molar-refractivity contribution is -0.124. The number of hydrogen-bond donors (Lipinski definition) is 1. The van der Waals surface area contributed by atoms with Gasteiger partial charge in [0.15, 0.2) is 5.11 Å². The highest BCUT2D eigenvalue weighted by molar-refractivity contribution is 7.80. The molecule has 0 radical (unpaired) electrons. The van der Waals surface area contributed by atoms with Crippen LogP contribution in [-0.4, -0.2) is 83.5 Å². The van der Waals surface area contributed by atoms with E-state index in [9.17, 15) is 14.0 Å². The summed E-state index contributed by atoms with van der Waals surface area (Å²) in [6.07, 6.45) is 0.764. The number of nitrogens with zero attached hydrogens (tertiary/aromatic N) is 4. The van der Waals surface area contributed by atoms with Crippen molar-refractivity contribution in [2.75, 3.05) is 56.0 Å². The third-order valence-electron chi connectivity index (χ3n) is 6.70. The maximum absolute atomic E-state index is 13.5. The molecule has 2 aliphatic rings. The van der Waals surface area contributed by atoms with Crippen molar-refractivity contribution in [2.24, 2.45) is 0 Å². The Kier molecular flexibility index (Phi) is 8.90. The average molecular weight is 532 g/mol. The summed E-state index contributed by atoms with van der Waals surface area (Å²) in [4.78, 5) is 34.6. The number of carbonyl (C=O) groups excluding carboxylic acids is 2. The van der Waals surface area contributed by atoms with Gasteiger partial charge in [0.1, 0.15) is 11.9 Å². The Hall–Kier alpha value is -2.59. The molecule has 1 N–H and O–H groups in total. The molecule has 36 heavy (non-hydrogen) atoms. The normalized spacial score (nSPS) is 19.2. The van der Waals surface area contributed by atoms with Gasteiger partial charge in [0.2, 0.25) is 5.91 Å². The summed E-state index contributed by atoms with van der Waals surface area (Å²) in [7, 11) is 0. The Labute approximate surface area is 221 Å². The zero-order valence-electron chi connectivity index (χ0n) is 20.3. The van der Waals surface area contributed by atoms with Crippen molar-refractivity contribution in [1.29, 1.82) is 0 Å². The summed E-state index contributed by atoms with van der Waals surface area (Å²) in [5.74, 6) is -0.959. The van der Waals surface area contributed by atoms with Gasteiger partial charge in [-0.05, 0) is 80.3 Å². The summed E-state index contributed by atoms with van der Waals surface area (Å²) < 4.78 is 13.2. The minimum absolute atomic E-state index is 0.0599. The topological polar surface area (TPSA) is 59.1 Å². The Bertz CT molecular complexity index is 1080. The van der Waals surface area contributed by atoms with Crippen LogP contribution in [0.15, 0.2) is 48.5 Å². The second-order valence-corrected chi connectivity index (χ2v) is 9.83. The van der Waals surface area contributed by atoms with Gasteiger partial charge in [-0.15, -0.1) is 0 Å². The third kappa shape index (κ3) is 6.39. The molecule has 192 valence electrons.